The van der Waals surface area contributed by atoms with E-state index in [2.05, 4.69) is 0 Å². The molecule has 11 heavy (non-hydrogen) atoms. The number of carboxylic acids is 1. The molecule has 0 heterocycles. The van der Waals surface area contributed by atoms with E-state index in [0.29, 0.717) is 12.8 Å². The number of carbonyl (C=O) groups is 1. The van der Waals surface area contributed by atoms with Crippen molar-refractivity contribution in [2.75, 3.05) is 0 Å². The van der Waals surface area contributed by atoms with Gasteiger partial charge in [0.2, 0.25) is 6.17 Å². The van der Waals surface area contributed by atoms with Crippen molar-refractivity contribution in [3.8, 4) is 0 Å². The van der Waals surface area contributed by atoms with Crippen molar-refractivity contribution in [2.45, 2.75) is 37.5 Å². The lowest BCUT2D eigenvalue weighted by atomic mass is 9.96. The van der Waals surface area contributed by atoms with Crippen LogP contribution in [0.15, 0.2) is 0 Å². The summed E-state index contributed by atoms with van der Waals surface area (Å²) in [6, 6.07) is 0. The highest BCUT2D eigenvalue weighted by Gasteiger charge is 2.44. The SMILES string of the molecule is O=C(O)C(F)C1(O)CCCC1. The first-order valence-corrected chi connectivity index (χ1v) is 3.65. The molecule has 0 radical (unpaired) electrons. The number of rotatable bonds is 2. The lowest BCUT2D eigenvalue weighted by Crippen LogP contribution is -2.41. The van der Waals surface area contributed by atoms with Gasteiger partial charge in [0.25, 0.3) is 0 Å². The molecule has 0 bridgehead atoms. The summed E-state index contributed by atoms with van der Waals surface area (Å²) in [6.45, 7) is 0. The van der Waals surface area contributed by atoms with E-state index in [4.69, 9.17) is 5.11 Å². The number of aliphatic carboxylic acids is 1. The Bertz CT molecular complexity index is 163. The third-order valence-corrected chi connectivity index (χ3v) is 2.16. The lowest BCUT2D eigenvalue weighted by Gasteiger charge is -2.22. The highest BCUT2D eigenvalue weighted by Crippen LogP contribution is 2.33. The van der Waals surface area contributed by atoms with E-state index in [1.54, 1.807) is 0 Å². The molecule has 1 aliphatic rings. The lowest BCUT2D eigenvalue weighted by molar-refractivity contribution is -0.153. The van der Waals surface area contributed by atoms with Crippen LogP contribution in [0.2, 0.25) is 0 Å². The standard InChI is InChI=1S/C7H11FO3/c8-5(6(9)10)7(11)3-1-2-4-7/h5,11H,1-4H2,(H,9,10). The van der Waals surface area contributed by atoms with Gasteiger partial charge in [-0.15, -0.1) is 0 Å². The zero-order chi connectivity index (χ0) is 8.48. The summed E-state index contributed by atoms with van der Waals surface area (Å²) in [4.78, 5) is 10.2. The molecule has 0 spiro atoms. The third-order valence-electron chi connectivity index (χ3n) is 2.16. The van der Waals surface area contributed by atoms with Gasteiger partial charge >= 0.3 is 5.97 Å². The summed E-state index contributed by atoms with van der Waals surface area (Å²) >= 11 is 0. The van der Waals surface area contributed by atoms with Gasteiger partial charge < -0.3 is 10.2 Å². The number of halogens is 1. The minimum absolute atomic E-state index is 0.264. The molecule has 2 N–H and O–H groups in total. The van der Waals surface area contributed by atoms with Crippen LogP contribution in [0.5, 0.6) is 0 Å². The van der Waals surface area contributed by atoms with Crippen molar-refractivity contribution in [2.24, 2.45) is 0 Å². The Morgan fingerprint density at radius 1 is 1.45 bits per heavy atom. The molecule has 64 valence electrons. The van der Waals surface area contributed by atoms with Crippen LogP contribution in [0.1, 0.15) is 25.7 Å². The van der Waals surface area contributed by atoms with Gasteiger partial charge in [-0.2, -0.15) is 0 Å². The van der Waals surface area contributed by atoms with Gasteiger partial charge in [0, 0.05) is 0 Å². The van der Waals surface area contributed by atoms with Crippen molar-refractivity contribution in [1.29, 1.82) is 0 Å². The quantitative estimate of drug-likeness (QED) is 0.628. The molecule has 4 heteroatoms. The first kappa shape index (κ1) is 8.46. The average Bonchev–Trinajstić information content (AvgIpc) is 2.35. The predicted octanol–water partition coefficient (Wildman–Crippen LogP) is 0.714. The maximum Gasteiger partial charge on any atom is 0.341 e. The van der Waals surface area contributed by atoms with Crippen LogP contribution in [-0.2, 0) is 4.79 Å². The number of aliphatic hydroxyl groups is 1. The zero-order valence-corrected chi connectivity index (χ0v) is 6.09. The molecular formula is C7H11FO3. The Morgan fingerprint density at radius 2 is 1.91 bits per heavy atom. The van der Waals surface area contributed by atoms with E-state index in [-0.39, 0.29) is 12.8 Å². The van der Waals surface area contributed by atoms with Crippen LogP contribution in [0.3, 0.4) is 0 Å². The normalized spacial score (nSPS) is 24.9. The van der Waals surface area contributed by atoms with Crippen LogP contribution < -0.4 is 0 Å². The monoisotopic (exact) mass is 162 g/mol. The Morgan fingerprint density at radius 3 is 2.27 bits per heavy atom. The summed E-state index contributed by atoms with van der Waals surface area (Å²) < 4.78 is 12.8. The summed E-state index contributed by atoms with van der Waals surface area (Å²) in [6.07, 6.45) is -0.167. The Labute approximate surface area is 63.8 Å². The summed E-state index contributed by atoms with van der Waals surface area (Å²) in [5.74, 6) is -1.56. The third kappa shape index (κ3) is 1.50. The Hall–Kier alpha value is -0.640. The van der Waals surface area contributed by atoms with Gasteiger partial charge in [0.05, 0.1) is 0 Å². The van der Waals surface area contributed by atoms with E-state index >= 15 is 0 Å². The molecule has 0 amide bonds. The highest BCUT2D eigenvalue weighted by atomic mass is 19.1. The molecular weight excluding hydrogens is 151 g/mol. The summed E-state index contributed by atoms with van der Waals surface area (Å²) in [5, 5.41) is 17.6. The maximum atomic E-state index is 12.8. The van der Waals surface area contributed by atoms with Crippen LogP contribution in [-0.4, -0.2) is 28.0 Å². The zero-order valence-electron chi connectivity index (χ0n) is 6.09. The van der Waals surface area contributed by atoms with E-state index < -0.39 is 17.7 Å². The van der Waals surface area contributed by atoms with Crippen LogP contribution in [0.25, 0.3) is 0 Å². The molecule has 1 saturated carbocycles. The topological polar surface area (TPSA) is 57.5 Å². The average molecular weight is 162 g/mol. The molecule has 1 fully saturated rings. The fourth-order valence-electron chi connectivity index (χ4n) is 1.47. The molecule has 1 rings (SSSR count). The molecule has 0 aromatic rings. The highest BCUT2D eigenvalue weighted by molar-refractivity contribution is 5.73. The first-order chi connectivity index (χ1) is 5.06. The molecule has 0 aliphatic heterocycles. The molecule has 1 atom stereocenters. The second kappa shape index (κ2) is 2.77. The summed E-state index contributed by atoms with van der Waals surface area (Å²) in [5.41, 5.74) is -1.59. The number of hydrogen-bond donors (Lipinski definition) is 2. The Kier molecular flexibility index (Phi) is 2.13. The maximum absolute atomic E-state index is 12.8. The van der Waals surface area contributed by atoms with E-state index in [1.165, 1.54) is 0 Å². The second-order valence-electron chi connectivity index (χ2n) is 3.01. The first-order valence-electron chi connectivity index (χ1n) is 3.65. The van der Waals surface area contributed by atoms with Gasteiger partial charge in [-0.05, 0) is 12.8 Å². The van der Waals surface area contributed by atoms with Crippen molar-refractivity contribution in [1.82, 2.24) is 0 Å². The van der Waals surface area contributed by atoms with Crippen molar-refractivity contribution in [3.05, 3.63) is 0 Å². The minimum atomic E-state index is -2.12. The minimum Gasteiger partial charge on any atom is -0.479 e. The van der Waals surface area contributed by atoms with Gasteiger partial charge in [-0.3, -0.25) is 0 Å². The van der Waals surface area contributed by atoms with Crippen molar-refractivity contribution < 1.29 is 19.4 Å². The van der Waals surface area contributed by atoms with Gasteiger partial charge in [0.1, 0.15) is 5.60 Å². The fourth-order valence-corrected chi connectivity index (χ4v) is 1.47. The van der Waals surface area contributed by atoms with Gasteiger partial charge in [-0.25, -0.2) is 9.18 Å². The van der Waals surface area contributed by atoms with Crippen LogP contribution >= 0.6 is 0 Å². The van der Waals surface area contributed by atoms with E-state index in [1.807, 2.05) is 0 Å². The predicted molar refractivity (Wildman–Crippen MR) is 35.9 cm³/mol. The largest absolute Gasteiger partial charge is 0.479 e. The van der Waals surface area contributed by atoms with Crippen molar-refractivity contribution in [3.63, 3.8) is 0 Å². The summed E-state index contributed by atoms with van der Waals surface area (Å²) in [7, 11) is 0. The van der Waals surface area contributed by atoms with E-state index in [0.717, 1.165) is 0 Å². The van der Waals surface area contributed by atoms with Crippen LogP contribution in [0, 0.1) is 0 Å². The fraction of sp³-hybridized carbons (Fsp3) is 0.857. The molecule has 1 aliphatic carbocycles. The molecule has 0 aromatic heterocycles. The number of carboxylic acid groups (broad SMARTS) is 1. The van der Waals surface area contributed by atoms with Crippen LogP contribution in [0.4, 0.5) is 4.39 Å². The molecule has 1 unspecified atom stereocenters. The molecule has 3 nitrogen and oxygen atoms in total. The number of alkyl halides is 1. The second-order valence-corrected chi connectivity index (χ2v) is 3.01. The molecule has 0 aromatic carbocycles. The molecule has 0 saturated heterocycles. The van der Waals surface area contributed by atoms with Gasteiger partial charge in [0.15, 0.2) is 0 Å². The smallest absolute Gasteiger partial charge is 0.341 e. The van der Waals surface area contributed by atoms with Crippen molar-refractivity contribution >= 4 is 5.97 Å². The number of hydrogen-bond acceptors (Lipinski definition) is 2. The Balaban J connectivity index is 2.63. The van der Waals surface area contributed by atoms with E-state index in [9.17, 15) is 14.3 Å². The van der Waals surface area contributed by atoms with Gasteiger partial charge in [-0.1, -0.05) is 12.8 Å².